The fraction of sp³-hybridized carbons (Fsp3) is 0.536. The van der Waals surface area contributed by atoms with Gasteiger partial charge in [-0.1, -0.05) is 30.3 Å². The van der Waals surface area contributed by atoms with Gasteiger partial charge in [-0.05, 0) is 61.9 Å². The first-order valence-corrected chi connectivity index (χ1v) is 14.4. The van der Waals surface area contributed by atoms with E-state index < -0.39 is 10.0 Å². The van der Waals surface area contributed by atoms with E-state index in [1.807, 2.05) is 25.2 Å². The smallest absolute Gasteiger partial charge is 0.248 e. The third-order valence-electron chi connectivity index (χ3n) is 7.53. The van der Waals surface area contributed by atoms with Crippen molar-refractivity contribution in [2.45, 2.75) is 56.6 Å². The van der Waals surface area contributed by atoms with Crippen molar-refractivity contribution in [3.8, 4) is 5.75 Å². The lowest BCUT2D eigenvalue weighted by Gasteiger charge is -2.27. The first kappa shape index (κ1) is 27.6. The van der Waals surface area contributed by atoms with E-state index in [1.165, 1.54) is 5.56 Å². The van der Waals surface area contributed by atoms with Crippen molar-refractivity contribution in [3.05, 3.63) is 59.2 Å². The maximum Gasteiger partial charge on any atom is 0.248 e. The van der Waals surface area contributed by atoms with E-state index in [4.69, 9.17) is 9.47 Å². The molecule has 0 saturated carbocycles. The van der Waals surface area contributed by atoms with Gasteiger partial charge in [0, 0.05) is 45.3 Å². The molecule has 2 aliphatic rings. The first-order chi connectivity index (χ1) is 17.7. The van der Waals surface area contributed by atoms with E-state index in [0.717, 1.165) is 32.5 Å². The van der Waals surface area contributed by atoms with Crippen molar-refractivity contribution in [1.82, 2.24) is 14.1 Å². The summed E-state index contributed by atoms with van der Waals surface area (Å²) in [5.74, 6) is 0.573. The Morgan fingerprint density at radius 1 is 1.08 bits per heavy atom. The monoisotopic (exact) mass is 529 g/mol. The van der Waals surface area contributed by atoms with E-state index in [1.54, 1.807) is 42.3 Å². The maximum absolute atomic E-state index is 13.6. The third-order valence-corrected chi connectivity index (χ3v) is 9.79. The van der Waals surface area contributed by atoms with E-state index >= 15 is 0 Å². The number of hydrogen-bond acceptors (Lipinski definition) is 6. The van der Waals surface area contributed by atoms with Crippen LogP contribution in [0, 0.1) is 13.8 Å². The van der Waals surface area contributed by atoms with Gasteiger partial charge in [0.1, 0.15) is 12.4 Å². The summed E-state index contributed by atoms with van der Waals surface area (Å²) in [6.07, 6.45) is 2.42. The molecule has 0 aromatic heterocycles. The summed E-state index contributed by atoms with van der Waals surface area (Å²) >= 11 is 0. The van der Waals surface area contributed by atoms with Gasteiger partial charge in [-0.15, -0.1) is 0 Å². The number of aryl methyl sites for hydroxylation is 2. The van der Waals surface area contributed by atoms with Crippen molar-refractivity contribution in [2.75, 3.05) is 47.0 Å². The lowest BCUT2D eigenvalue weighted by atomic mass is 10.1. The van der Waals surface area contributed by atoms with Crippen LogP contribution in [-0.2, 0) is 26.1 Å². The average molecular weight is 530 g/mol. The number of likely N-dealkylation sites (tertiary alicyclic amines) is 1. The number of hydrogen-bond donors (Lipinski definition) is 0. The normalized spacial score (nSPS) is 20.9. The Balaban J connectivity index is 1.30. The topological polar surface area (TPSA) is 79.4 Å². The molecule has 1 unspecified atom stereocenters. The van der Waals surface area contributed by atoms with Gasteiger partial charge in [-0.2, -0.15) is 4.31 Å². The second-order valence-electron chi connectivity index (χ2n) is 10.2. The van der Waals surface area contributed by atoms with Crippen LogP contribution in [0.2, 0.25) is 0 Å². The highest BCUT2D eigenvalue weighted by Gasteiger charge is 2.37. The molecule has 2 aromatic carbocycles. The fourth-order valence-corrected chi connectivity index (χ4v) is 7.64. The molecule has 0 spiro atoms. The van der Waals surface area contributed by atoms with Crippen LogP contribution in [-0.4, -0.2) is 87.5 Å². The standard InChI is InChI=1S/C28H39N3O5S/c1-21-15-26(35-4)16-22(2)28(21)37(33,34)31-13-8-11-25(31)19-36-20-27(32)29(3)24-12-14-30(18-24)17-23-9-6-5-7-10-23/h5-7,9-10,15-16,24-25H,8,11-14,17-20H2,1-4H3/t24-,25?/m0/s1. The molecule has 2 aliphatic heterocycles. The van der Waals surface area contributed by atoms with Crippen LogP contribution in [0.3, 0.4) is 0 Å². The predicted molar refractivity (Wildman–Crippen MR) is 143 cm³/mol. The number of likely N-dealkylation sites (N-methyl/N-ethyl adjacent to an activating group) is 1. The summed E-state index contributed by atoms with van der Waals surface area (Å²) < 4.78 is 39.8. The molecule has 8 nitrogen and oxygen atoms in total. The molecule has 1 amide bonds. The predicted octanol–water partition coefficient (Wildman–Crippen LogP) is 3.21. The van der Waals surface area contributed by atoms with Crippen LogP contribution in [0.25, 0.3) is 0 Å². The molecular weight excluding hydrogens is 490 g/mol. The van der Waals surface area contributed by atoms with Crippen LogP contribution in [0.1, 0.15) is 36.0 Å². The molecule has 0 aliphatic carbocycles. The molecule has 9 heteroatoms. The van der Waals surface area contributed by atoms with Crippen LogP contribution < -0.4 is 4.74 Å². The molecule has 2 fully saturated rings. The molecule has 0 bridgehead atoms. The molecule has 0 radical (unpaired) electrons. The van der Waals surface area contributed by atoms with Gasteiger partial charge < -0.3 is 14.4 Å². The number of carbonyl (C=O) groups is 1. The third kappa shape index (κ3) is 6.34. The lowest BCUT2D eigenvalue weighted by Crippen LogP contribution is -2.42. The zero-order chi connectivity index (χ0) is 26.6. The van der Waals surface area contributed by atoms with Crippen molar-refractivity contribution >= 4 is 15.9 Å². The number of amides is 1. The highest BCUT2D eigenvalue weighted by atomic mass is 32.2. The number of nitrogens with zero attached hydrogens (tertiary/aromatic N) is 3. The van der Waals surface area contributed by atoms with Crippen molar-refractivity contribution < 1.29 is 22.7 Å². The largest absolute Gasteiger partial charge is 0.497 e. The second-order valence-corrected chi connectivity index (χ2v) is 12.0. The van der Waals surface area contributed by atoms with E-state index in [9.17, 15) is 13.2 Å². The SMILES string of the molecule is COc1cc(C)c(S(=O)(=O)N2CCCC2COCC(=O)N(C)[C@H]2CCN(Cc3ccccc3)C2)c(C)c1. The molecule has 4 rings (SSSR count). The minimum Gasteiger partial charge on any atom is -0.497 e. The van der Waals surface area contributed by atoms with Crippen LogP contribution in [0.4, 0.5) is 0 Å². The molecule has 2 aromatic rings. The summed E-state index contributed by atoms with van der Waals surface area (Å²) in [7, 11) is -0.280. The number of ether oxygens (including phenoxy) is 2. The van der Waals surface area contributed by atoms with Crippen molar-refractivity contribution in [3.63, 3.8) is 0 Å². The van der Waals surface area contributed by atoms with Gasteiger partial charge in [0.05, 0.1) is 18.6 Å². The Bertz CT molecular complexity index is 1160. The zero-order valence-corrected chi connectivity index (χ0v) is 23.2. The van der Waals surface area contributed by atoms with Gasteiger partial charge in [0.15, 0.2) is 0 Å². The number of sulfonamides is 1. The van der Waals surface area contributed by atoms with E-state index in [2.05, 4.69) is 17.0 Å². The first-order valence-electron chi connectivity index (χ1n) is 13.0. The quantitative estimate of drug-likeness (QED) is 0.470. The molecule has 0 N–H and O–H groups in total. The minimum atomic E-state index is -3.69. The Labute approximate surface area is 221 Å². The number of carbonyl (C=O) groups excluding carboxylic acids is 1. The molecular formula is C28H39N3O5S. The van der Waals surface area contributed by atoms with Gasteiger partial charge in [-0.25, -0.2) is 8.42 Å². The number of methoxy groups -OCH3 is 1. The van der Waals surface area contributed by atoms with Crippen LogP contribution in [0.15, 0.2) is 47.4 Å². The minimum absolute atomic E-state index is 0.0450. The Hall–Kier alpha value is -2.46. The molecule has 2 saturated heterocycles. The summed E-state index contributed by atoms with van der Waals surface area (Å²) in [5, 5.41) is 0. The van der Waals surface area contributed by atoms with Crippen LogP contribution in [0.5, 0.6) is 5.75 Å². The maximum atomic E-state index is 13.6. The Morgan fingerprint density at radius 2 is 1.78 bits per heavy atom. The summed E-state index contributed by atoms with van der Waals surface area (Å²) in [6.45, 7) is 6.88. The van der Waals surface area contributed by atoms with Crippen molar-refractivity contribution in [1.29, 1.82) is 0 Å². The number of benzene rings is 2. The second kappa shape index (κ2) is 11.9. The average Bonchev–Trinajstić information content (AvgIpc) is 3.53. The Kier molecular flexibility index (Phi) is 8.90. The van der Waals surface area contributed by atoms with Crippen LogP contribution >= 0.6 is 0 Å². The molecule has 37 heavy (non-hydrogen) atoms. The van der Waals surface area contributed by atoms with Gasteiger partial charge >= 0.3 is 0 Å². The zero-order valence-electron chi connectivity index (χ0n) is 22.4. The lowest BCUT2D eigenvalue weighted by molar-refractivity contribution is -0.137. The highest BCUT2D eigenvalue weighted by molar-refractivity contribution is 7.89. The Morgan fingerprint density at radius 3 is 2.46 bits per heavy atom. The summed E-state index contributed by atoms with van der Waals surface area (Å²) in [5.41, 5.74) is 2.60. The van der Waals surface area contributed by atoms with Crippen molar-refractivity contribution in [2.24, 2.45) is 0 Å². The summed E-state index contributed by atoms with van der Waals surface area (Å²) in [6, 6.07) is 13.7. The van der Waals surface area contributed by atoms with E-state index in [0.29, 0.717) is 34.7 Å². The molecule has 2 heterocycles. The van der Waals surface area contributed by atoms with Gasteiger partial charge in [-0.3, -0.25) is 9.69 Å². The molecule has 202 valence electrons. The molecule has 2 atom stereocenters. The van der Waals surface area contributed by atoms with Gasteiger partial charge in [0.2, 0.25) is 15.9 Å². The number of rotatable bonds is 10. The highest BCUT2D eigenvalue weighted by Crippen LogP contribution is 2.32. The fourth-order valence-electron chi connectivity index (χ4n) is 5.55. The van der Waals surface area contributed by atoms with E-state index in [-0.39, 0.29) is 31.2 Å². The summed E-state index contributed by atoms with van der Waals surface area (Å²) in [4.78, 5) is 17.3. The van der Waals surface area contributed by atoms with Gasteiger partial charge in [0.25, 0.3) is 0 Å².